The average molecular weight is 276 g/mol. The number of rotatable bonds is 5. The minimum absolute atomic E-state index is 0.601. The van der Waals surface area contributed by atoms with Crippen LogP contribution >= 0.6 is 0 Å². The lowest BCUT2D eigenvalue weighted by atomic mass is 10.1. The smallest absolute Gasteiger partial charge is 0.127 e. The molecule has 1 N–H and O–H groups in total. The molecule has 0 amide bonds. The van der Waals surface area contributed by atoms with Crippen LogP contribution in [0.2, 0.25) is 0 Å². The fourth-order valence-electron chi connectivity index (χ4n) is 2.88. The van der Waals surface area contributed by atoms with Gasteiger partial charge in [0.2, 0.25) is 0 Å². The van der Waals surface area contributed by atoms with Crippen LogP contribution in [0.5, 0.6) is 0 Å². The Balaban J connectivity index is 2.15. The van der Waals surface area contributed by atoms with Crippen LogP contribution in [0.1, 0.15) is 33.1 Å². The summed E-state index contributed by atoms with van der Waals surface area (Å²) in [5.41, 5.74) is 1.31. The maximum atomic E-state index is 4.41. The minimum Gasteiger partial charge on any atom is -0.370 e. The summed E-state index contributed by atoms with van der Waals surface area (Å²) in [5.74, 6) is 0.997. The summed E-state index contributed by atoms with van der Waals surface area (Å²) in [4.78, 5) is 9.42. The zero-order valence-electron chi connectivity index (χ0n) is 13.1. The lowest BCUT2D eigenvalue weighted by Crippen LogP contribution is -2.39. The van der Waals surface area contributed by atoms with E-state index >= 15 is 0 Å². The van der Waals surface area contributed by atoms with E-state index in [4.69, 9.17) is 0 Å². The fraction of sp³-hybridized carbons (Fsp3) is 0.688. The molecule has 0 saturated carbocycles. The third-order valence-electron chi connectivity index (χ3n) is 4.00. The molecule has 0 radical (unpaired) electrons. The molecule has 0 aromatic carbocycles. The molecule has 0 aliphatic carbocycles. The van der Waals surface area contributed by atoms with Gasteiger partial charge in [0.15, 0.2) is 0 Å². The predicted molar refractivity (Wildman–Crippen MR) is 86.6 cm³/mol. The minimum atomic E-state index is 0.601. The van der Waals surface area contributed by atoms with E-state index in [0.717, 1.165) is 31.9 Å². The first-order chi connectivity index (χ1) is 9.74. The van der Waals surface area contributed by atoms with Crippen LogP contribution in [0.3, 0.4) is 0 Å². The molecule has 2 rings (SSSR count). The van der Waals surface area contributed by atoms with Crippen molar-refractivity contribution in [1.29, 1.82) is 0 Å². The van der Waals surface area contributed by atoms with E-state index in [1.54, 1.807) is 0 Å². The SMILES string of the molecule is CCCNc1cc(N2CCCN(C)CC2CC)ccn1. The van der Waals surface area contributed by atoms with Crippen molar-refractivity contribution in [3.05, 3.63) is 18.3 Å². The van der Waals surface area contributed by atoms with Crippen LogP contribution in [0.4, 0.5) is 11.5 Å². The molecule has 1 unspecified atom stereocenters. The second-order valence-corrected chi connectivity index (χ2v) is 5.70. The van der Waals surface area contributed by atoms with Gasteiger partial charge in [0.25, 0.3) is 0 Å². The number of hydrogen-bond donors (Lipinski definition) is 1. The molecule has 0 spiro atoms. The maximum absolute atomic E-state index is 4.41. The van der Waals surface area contributed by atoms with Gasteiger partial charge in [-0.1, -0.05) is 13.8 Å². The number of likely N-dealkylation sites (N-methyl/N-ethyl adjacent to an activating group) is 1. The summed E-state index contributed by atoms with van der Waals surface area (Å²) in [5, 5.41) is 3.38. The highest BCUT2D eigenvalue weighted by atomic mass is 15.2. The number of pyridine rings is 1. The molecule has 2 heterocycles. The summed E-state index contributed by atoms with van der Waals surface area (Å²) < 4.78 is 0. The van der Waals surface area contributed by atoms with Gasteiger partial charge in [0.1, 0.15) is 5.82 Å². The fourth-order valence-corrected chi connectivity index (χ4v) is 2.88. The van der Waals surface area contributed by atoms with Crippen molar-refractivity contribution in [2.45, 2.75) is 39.2 Å². The van der Waals surface area contributed by atoms with Crippen molar-refractivity contribution >= 4 is 11.5 Å². The number of hydrogen-bond acceptors (Lipinski definition) is 4. The Bertz CT molecular complexity index is 407. The highest BCUT2D eigenvalue weighted by molar-refractivity contribution is 5.54. The molecular formula is C16H28N4. The molecule has 4 heteroatoms. The summed E-state index contributed by atoms with van der Waals surface area (Å²) in [6.07, 6.45) is 5.46. The monoisotopic (exact) mass is 276 g/mol. The average Bonchev–Trinajstić information content (AvgIpc) is 2.66. The molecule has 4 nitrogen and oxygen atoms in total. The van der Waals surface area contributed by atoms with Gasteiger partial charge in [-0.2, -0.15) is 0 Å². The molecule has 1 fully saturated rings. The largest absolute Gasteiger partial charge is 0.370 e. The van der Waals surface area contributed by atoms with Crippen LogP contribution in [0.15, 0.2) is 18.3 Å². The normalized spacial score (nSPS) is 20.8. The number of nitrogens with zero attached hydrogens (tertiary/aromatic N) is 3. The first-order valence-electron chi connectivity index (χ1n) is 7.89. The Morgan fingerprint density at radius 3 is 2.95 bits per heavy atom. The molecule has 1 aromatic rings. The third-order valence-corrected chi connectivity index (χ3v) is 4.00. The zero-order chi connectivity index (χ0) is 14.4. The molecule has 112 valence electrons. The van der Waals surface area contributed by atoms with Gasteiger partial charge in [-0.15, -0.1) is 0 Å². The highest BCUT2D eigenvalue weighted by Crippen LogP contribution is 2.23. The highest BCUT2D eigenvalue weighted by Gasteiger charge is 2.22. The summed E-state index contributed by atoms with van der Waals surface area (Å²) in [7, 11) is 2.23. The Labute approximate surface area is 123 Å². The van der Waals surface area contributed by atoms with Crippen LogP contribution in [-0.2, 0) is 0 Å². The van der Waals surface area contributed by atoms with Gasteiger partial charge in [0.05, 0.1) is 0 Å². The number of aromatic nitrogens is 1. The first kappa shape index (κ1) is 15.1. The van der Waals surface area contributed by atoms with Gasteiger partial charge >= 0.3 is 0 Å². The summed E-state index contributed by atoms with van der Waals surface area (Å²) >= 11 is 0. The third kappa shape index (κ3) is 3.85. The maximum Gasteiger partial charge on any atom is 0.127 e. The molecule has 1 aliphatic heterocycles. The molecule has 1 aromatic heterocycles. The van der Waals surface area contributed by atoms with E-state index in [9.17, 15) is 0 Å². The topological polar surface area (TPSA) is 31.4 Å². The van der Waals surface area contributed by atoms with E-state index in [1.807, 2.05) is 6.20 Å². The Kier molecular flexibility index (Phi) is 5.65. The van der Waals surface area contributed by atoms with E-state index < -0.39 is 0 Å². The predicted octanol–water partition coefficient (Wildman–Crippen LogP) is 2.82. The Morgan fingerprint density at radius 2 is 2.20 bits per heavy atom. The molecule has 1 saturated heterocycles. The zero-order valence-corrected chi connectivity index (χ0v) is 13.1. The Morgan fingerprint density at radius 1 is 1.35 bits per heavy atom. The van der Waals surface area contributed by atoms with Gasteiger partial charge < -0.3 is 15.1 Å². The molecule has 20 heavy (non-hydrogen) atoms. The second kappa shape index (κ2) is 7.48. The van der Waals surface area contributed by atoms with Crippen molar-refractivity contribution in [1.82, 2.24) is 9.88 Å². The summed E-state index contributed by atoms with van der Waals surface area (Å²) in [6, 6.07) is 4.94. The lowest BCUT2D eigenvalue weighted by molar-refractivity contribution is 0.328. The summed E-state index contributed by atoms with van der Waals surface area (Å²) in [6.45, 7) is 8.93. The van der Waals surface area contributed by atoms with Gasteiger partial charge in [-0.05, 0) is 38.9 Å². The standard InChI is InChI=1S/C16H28N4/c1-4-8-17-16-12-15(7-9-18-16)20-11-6-10-19(3)13-14(20)5-2/h7,9,12,14H,4-6,8,10-11,13H2,1-3H3,(H,17,18). The molecule has 0 bridgehead atoms. The van der Waals surface area contributed by atoms with Gasteiger partial charge in [-0.25, -0.2) is 4.98 Å². The van der Waals surface area contributed by atoms with E-state index in [1.165, 1.54) is 25.1 Å². The van der Waals surface area contributed by atoms with E-state index in [2.05, 4.69) is 53.1 Å². The van der Waals surface area contributed by atoms with Crippen LogP contribution in [0, 0.1) is 0 Å². The number of nitrogens with one attached hydrogen (secondary N) is 1. The van der Waals surface area contributed by atoms with Crippen molar-refractivity contribution in [2.75, 3.05) is 43.4 Å². The van der Waals surface area contributed by atoms with E-state index in [0.29, 0.717) is 6.04 Å². The van der Waals surface area contributed by atoms with Gasteiger partial charge in [-0.3, -0.25) is 0 Å². The molecule has 1 atom stereocenters. The lowest BCUT2D eigenvalue weighted by Gasteiger charge is -2.32. The van der Waals surface area contributed by atoms with Gasteiger partial charge in [0, 0.05) is 43.6 Å². The first-order valence-corrected chi connectivity index (χ1v) is 7.89. The van der Waals surface area contributed by atoms with Crippen LogP contribution < -0.4 is 10.2 Å². The molecular weight excluding hydrogens is 248 g/mol. The van der Waals surface area contributed by atoms with Crippen LogP contribution in [-0.4, -0.2) is 49.2 Å². The van der Waals surface area contributed by atoms with Crippen molar-refractivity contribution in [2.24, 2.45) is 0 Å². The van der Waals surface area contributed by atoms with Crippen LogP contribution in [0.25, 0.3) is 0 Å². The Hall–Kier alpha value is -1.29. The second-order valence-electron chi connectivity index (χ2n) is 5.70. The van der Waals surface area contributed by atoms with Crippen molar-refractivity contribution < 1.29 is 0 Å². The van der Waals surface area contributed by atoms with E-state index in [-0.39, 0.29) is 0 Å². The van der Waals surface area contributed by atoms with Crippen molar-refractivity contribution in [3.63, 3.8) is 0 Å². The number of anilines is 2. The molecule has 1 aliphatic rings. The quantitative estimate of drug-likeness (QED) is 0.896. The van der Waals surface area contributed by atoms with Crippen molar-refractivity contribution in [3.8, 4) is 0 Å².